The molecule has 5 rings (SSSR count). The normalized spacial score (nSPS) is 24.5. The van der Waals surface area contributed by atoms with Gasteiger partial charge in [0.15, 0.2) is 11.5 Å². The molecule has 0 saturated carbocycles. The predicted octanol–water partition coefficient (Wildman–Crippen LogP) is 1.74. The minimum absolute atomic E-state index is 0.0534. The van der Waals surface area contributed by atoms with Crippen molar-refractivity contribution in [2.24, 2.45) is 0 Å². The van der Waals surface area contributed by atoms with Gasteiger partial charge >= 0.3 is 0 Å². The van der Waals surface area contributed by atoms with Gasteiger partial charge in [-0.2, -0.15) is 0 Å². The van der Waals surface area contributed by atoms with Crippen molar-refractivity contribution in [2.75, 3.05) is 33.0 Å². The summed E-state index contributed by atoms with van der Waals surface area (Å²) < 4.78 is 10.7. The van der Waals surface area contributed by atoms with E-state index in [1.54, 1.807) is 6.07 Å². The van der Waals surface area contributed by atoms with Gasteiger partial charge in [0.2, 0.25) is 6.79 Å². The molecular formula is C21H24N4O3. The average molecular weight is 380 g/mol. The van der Waals surface area contributed by atoms with Crippen molar-refractivity contribution in [3.05, 3.63) is 59.7 Å². The smallest absolute Gasteiger partial charge is 0.254 e. The van der Waals surface area contributed by atoms with E-state index in [1.165, 1.54) is 5.56 Å². The van der Waals surface area contributed by atoms with Crippen LogP contribution < -0.4 is 20.3 Å². The lowest BCUT2D eigenvalue weighted by molar-refractivity contribution is 0.0544. The highest BCUT2D eigenvalue weighted by Crippen LogP contribution is 2.33. The number of rotatable bonds is 3. The first kappa shape index (κ1) is 17.5. The summed E-state index contributed by atoms with van der Waals surface area (Å²) in [5.41, 5.74) is 8.78. The van der Waals surface area contributed by atoms with E-state index in [0.717, 1.165) is 32.6 Å². The van der Waals surface area contributed by atoms with E-state index < -0.39 is 0 Å². The number of hydrazine groups is 1. The summed E-state index contributed by atoms with van der Waals surface area (Å²) in [5.74, 6) is 1.41. The van der Waals surface area contributed by atoms with Crippen LogP contribution in [0.4, 0.5) is 0 Å². The number of hydrogen-bond donors (Lipinski definition) is 2. The third kappa shape index (κ3) is 3.32. The second-order valence-electron chi connectivity index (χ2n) is 7.40. The fraction of sp³-hybridized carbons (Fsp3) is 0.381. The lowest BCUT2D eigenvalue weighted by Crippen LogP contribution is -2.55. The second kappa shape index (κ2) is 7.43. The number of fused-ring (bicyclic) bond motifs is 1. The molecular weight excluding hydrogens is 356 g/mol. The molecule has 2 saturated heterocycles. The maximum atomic E-state index is 12.8. The third-order valence-electron chi connectivity index (χ3n) is 5.75. The van der Waals surface area contributed by atoms with E-state index >= 15 is 0 Å². The van der Waals surface area contributed by atoms with Crippen LogP contribution in [0.3, 0.4) is 0 Å². The zero-order chi connectivity index (χ0) is 18.9. The molecule has 2 N–H and O–H groups in total. The summed E-state index contributed by atoms with van der Waals surface area (Å²) in [7, 11) is 0. The Balaban J connectivity index is 1.17. The van der Waals surface area contributed by atoms with Crippen molar-refractivity contribution in [2.45, 2.75) is 18.6 Å². The number of piperazine rings is 1. The van der Waals surface area contributed by atoms with E-state index in [0.29, 0.717) is 23.1 Å². The van der Waals surface area contributed by atoms with Crippen molar-refractivity contribution < 1.29 is 14.3 Å². The summed E-state index contributed by atoms with van der Waals surface area (Å²) >= 11 is 0. The molecule has 146 valence electrons. The van der Waals surface area contributed by atoms with Crippen molar-refractivity contribution in [1.29, 1.82) is 0 Å². The molecule has 0 spiro atoms. The molecule has 28 heavy (non-hydrogen) atoms. The first-order chi connectivity index (χ1) is 13.8. The van der Waals surface area contributed by atoms with Crippen LogP contribution in [0.1, 0.15) is 28.4 Å². The molecule has 3 aliphatic rings. The first-order valence-electron chi connectivity index (χ1n) is 9.77. The summed E-state index contributed by atoms with van der Waals surface area (Å²) in [6.07, 6.45) is 1.30. The van der Waals surface area contributed by atoms with Crippen molar-refractivity contribution in [3.8, 4) is 11.5 Å². The second-order valence-corrected chi connectivity index (χ2v) is 7.40. The Morgan fingerprint density at radius 2 is 1.71 bits per heavy atom. The monoisotopic (exact) mass is 380 g/mol. The van der Waals surface area contributed by atoms with E-state index in [-0.39, 0.29) is 18.9 Å². The Kier molecular flexibility index (Phi) is 4.64. The van der Waals surface area contributed by atoms with Crippen molar-refractivity contribution in [3.63, 3.8) is 0 Å². The Morgan fingerprint density at radius 3 is 2.54 bits per heavy atom. The molecule has 0 radical (unpaired) electrons. The standard InChI is InChI=1S/C21H24N4O3/c26-21(16-6-7-18-19(12-16)28-14-27-18)25-10-8-24(9-11-25)20-13-17(22-23-20)15-4-2-1-3-5-15/h1-7,12,17,20,22-23H,8-11,13-14H2. The van der Waals surface area contributed by atoms with Gasteiger partial charge in [-0.3, -0.25) is 9.69 Å². The third-order valence-corrected chi connectivity index (χ3v) is 5.75. The van der Waals surface area contributed by atoms with Gasteiger partial charge in [-0.1, -0.05) is 30.3 Å². The fourth-order valence-electron chi connectivity index (χ4n) is 4.13. The zero-order valence-electron chi connectivity index (χ0n) is 15.6. The molecule has 7 nitrogen and oxygen atoms in total. The van der Waals surface area contributed by atoms with Crippen LogP contribution in [0.2, 0.25) is 0 Å². The van der Waals surface area contributed by atoms with Crippen LogP contribution >= 0.6 is 0 Å². The number of carbonyl (C=O) groups excluding carboxylic acids is 1. The van der Waals surface area contributed by atoms with Crippen molar-refractivity contribution >= 4 is 5.91 Å². The topological polar surface area (TPSA) is 66.1 Å². The van der Waals surface area contributed by atoms with Crippen LogP contribution in [0, 0.1) is 0 Å². The largest absolute Gasteiger partial charge is 0.454 e. The van der Waals surface area contributed by atoms with Gasteiger partial charge in [0.25, 0.3) is 5.91 Å². The molecule has 2 fully saturated rings. The van der Waals surface area contributed by atoms with Gasteiger partial charge in [-0.25, -0.2) is 10.9 Å². The van der Waals surface area contributed by atoms with Gasteiger partial charge in [-0.05, 0) is 30.2 Å². The molecule has 2 aromatic carbocycles. The van der Waals surface area contributed by atoms with Crippen LogP contribution in [-0.2, 0) is 0 Å². The van der Waals surface area contributed by atoms with Crippen LogP contribution in [0.25, 0.3) is 0 Å². The molecule has 2 unspecified atom stereocenters. The highest BCUT2D eigenvalue weighted by Gasteiger charge is 2.32. The van der Waals surface area contributed by atoms with Gasteiger partial charge < -0.3 is 14.4 Å². The van der Waals surface area contributed by atoms with Gasteiger partial charge in [0.1, 0.15) is 0 Å². The van der Waals surface area contributed by atoms with Gasteiger partial charge in [0.05, 0.1) is 6.17 Å². The maximum absolute atomic E-state index is 12.8. The number of amides is 1. The number of nitrogens with zero attached hydrogens (tertiary/aromatic N) is 2. The van der Waals surface area contributed by atoms with Gasteiger partial charge in [-0.15, -0.1) is 0 Å². The molecule has 3 aliphatic heterocycles. The molecule has 0 bridgehead atoms. The Morgan fingerprint density at radius 1 is 0.929 bits per heavy atom. The number of carbonyl (C=O) groups is 1. The van der Waals surface area contributed by atoms with E-state index in [4.69, 9.17) is 9.47 Å². The molecule has 7 heteroatoms. The van der Waals surface area contributed by atoms with Crippen LogP contribution in [0.15, 0.2) is 48.5 Å². The highest BCUT2D eigenvalue weighted by molar-refractivity contribution is 5.95. The zero-order valence-corrected chi connectivity index (χ0v) is 15.6. The summed E-state index contributed by atoms with van der Waals surface area (Å²) in [5, 5.41) is 0. The highest BCUT2D eigenvalue weighted by atomic mass is 16.7. The minimum Gasteiger partial charge on any atom is -0.454 e. The molecule has 0 aromatic heterocycles. The van der Waals surface area contributed by atoms with E-state index in [9.17, 15) is 4.79 Å². The Hall–Kier alpha value is -2.61. The Bertz CT molecular complexity index is 852. The number of benzene rings is 2. The summed E-state index contributed by atoms with van der Waals surface area (Å²) in [6, 6.07) is 16.2. The van der Waals surface area contributed by atoms with Crippen molar-refractivity contribution in [1.82, 2.24) is 20.7 Å². The Labute approximate surface area is 164 Å². The number of nitrogens with one attached hydrogen (secondary N) is 2. The van der Waals surface area contributed by atoms with Crippen LogP contribution in [-0.4, -0.2) is 54.8 Å². The van der Waals surface area contributed by atoms with E-state index in [2.05, 4.69) is 40.0 Å². The SMILES string of the molecule is O=C(c1ccc2c(c1)OCO2)N1CCN(C2CC(c3ccccc3)NN2)CC1. The number of hydrogen-bond acceptors (Lipinski definition) is 6. The molecule has 0 aliphatic carbocycles. The quantitative estimate of drug-likeness (QED) is 0.846. The molecule has 1 amide bonds. The lowest BCUT2D eigenvalue weighted by atomic mass is 10.0. The maximum Gasteiger partial charge on any atom is 0.254 e. The molecule has 2 aromatic rings. The predicted molar refractivity (Wildman–Crippen MR) is 104 cm³/mol. The average Bonchev–Trinajstić information content (AvgIpc) is 3.43. The molecule has 3 heterocycles. The lowest BCUT2D eigenvalue weighted by Gasteiger charge is -2.37. The minimum atomic E-state index is 0.0534. The molecule has 2 atom stereocenters. The summed E-state index contributed by atoms with van der Waals surface area (Å²) in [6.45, 7) is 3.38. The van der Waals surface area contributed by atoms with Crippen LogP contribution in [0.5, 0.6) is 11.5 Å². The van der Waals surface area contributed by atoms with E-state index in [1.807, 2.05) is 23.1 Å². The number of ether oxygens (including phenoxy) is 2. The fourth-order valence-corrected chi connectivity index (χ4v) is 4.13. The first-order valence-corrected chi connectivity index (χ1v) is 9.77. The summed E-state index contributed by atoms with van der Waals surface area (Å²) in [4.78, 5) is 17.2. The van der Waals surface area contributed by atoms with Gasteiger partial charge in [0, 0.05) is 37.8 Å².